The molecule has 1 aromatic carbocycles. The zero-order chi connectivity index (χ0) is 18.7. The Balaban J connectivity index is 1.59. The minimum atomic E-state index is -0.0421. The molecule has 3 rings (SSSR count). The number of piperidine rings is 1. The molecule has 0 bridgehead atoms. The predicted octanol–water partition coefficient (Wildman–Crippen LogP) is 3.03. The number of halogens is 1. The molecule has 1 atom stereocenters. The Labute approximate surface area is 160 Å². The minimum Gasteiger partial charge on any atom is -0.329 e. The Morgan fingerprint density at radius 1 is 1.27 bits per heavy atom. The second-order valence-electron chi connectivity index (χ2n) is 7.44. The van der Waals surface area contributed by atoms with E-state index in [1.54, 1.807) is 21.9 Å². The van der Waals surface area contributed by atoms with Crippen molar-refractivity contribution in [1.29, 1.82) is 0 Å². The molecule has 0 aliphatic carbocycles. The first kappa shape index (κ1) is 19.2. The van der Waals surface area contributed by atoms with E-state index in [1.807, 2.05) is 19.1 Å². The third-order valence-corrected chi connectivity index (χ3v) is 5.88. The van der Waals surface area contributed by atoms with Crippen LogP contribution in [0.15, 0.2) is 24.3 Å². The SMILES string of the molecule is CCN1CCC(CC(=O)N2CC(=O)N(c3cccc(Cl)c3)C[C@H]2C)CC1. The monoisotopic (exact) mass is 377 g/mol. The van der Waals surface area contributed by atoms with E-state index in [0.29, 0.717) is 23.9 Å². The van der Waals surface area contributed by atoms with Crippen LogP contribution in [0.3, 0.4) is 0 Å². The van der Waals surface area contributed by atoms with E-state index in [0.717, 1.165) is 38.2 Å². The maximum Gasteiger partial charge on any atom is 0.246 e. The molecule has 0 N–H and O–H groups in total. The number of carbonyl (C=O) groups excluding carboxylic acids is 2. The maximum atomic E-state index is 12.8. The second-order valence-corrected chi connectivity index (χ2v) is 7.87. The van der Waals surface area contributed by atoms with Crippen LogP contribution in [0.2, 0.25) is 5.02 Å². The number of anilines is 1. The number of carbonyl (C=O) groups is 2. The fourth-order valence-corrected chi connectivity index (χ4v) is 4.13. The van der Waals surface area contributed by atoms with Crippen molar-refractivity contribution in [2.75, 3.05) is 37.6 Å². The molecule has 0 aromatic heterocycles. The van der Waals surface area contributed by atoms with Gasteiger partial charge >= 0.3 is 0 Å². The van der Waals surface area contributed by atoms with Gasteiger partial charge in [0.2, 0.25) is 11.8 Å². The Bertz CT molecular complexity index is 658. The summed E-state index contributed by atoms with van der Waals surface area (Å²) < 4.78 is 0. The Morgan fingerprint density at radius 2 is 2.00 bits per heavy atom. The summed E-state index contributed by atoms with van der Waals surface area (Å²) in [6.45, 7) is 8.09. The van der Waals surface area contributed by atoms with Crippen molar-refractivity contribution < 1.29 is 9.59 Å². The van der Waals surface area contributed by atoms with Crippen LogP contribution in [-0.2, 0) is 9.59 Å². The lowest BCUT2D eigenvalue weighted by Gasteiger charge is -2.40. The van der Waals surface area contributed by atoms with Crippen LogP contribution in [-0.4, -0.2) is 60.4 Å². The molecule has 2 heterocycles. The van der Waals surface area contributed by atoms with E-state index < -0.39 is 0 Å². The van der Waals surface area contributed by atoms with Crippen LogP contribution in [0.1, 0.15) is 33.1 Å². The molecule has 2 aliphatic rings. The quantitative estimate of drug-likeness (QED) is 0.810. The highest BCUT2D eigenvalue weighted by atomic mass is 35.5. The first-order valence-corrected chi connectivity index (χ1v) is 9.93. The summed E-state index contributed by atoms with van der Waals surface area (Å²) in [5, 5.41) is 0.611. The molecule has 0 radical (unpaired) electrons. The highest BCUT2D eigenvalue weighted by Crippen LogP contribution is 2.26. The third kappa shape index (κ3) is 4.38. The number of piperazine rings is 1. The summed E-state index contributed by atoms with van der Waals surface area (Å²) in [7, 11) is 0. The summed E-state index contributed by atoms with van der Waals surface area (Å²) >= 11 is 6.05. The topological polar surface area (TPSA) is 43.9 Å². The number of rotatable bonds is 4. The van der Waals surface area contributed by atoms with Crippen LogP contribution in [0, 0.1) is 5.92 Å². The fourth-order valence-electron chi connectivity index (χ4n) is 3.95. The van der Waals surface area contributed by atoms with Gasteiger partial charge < -0.3 is 14.7 Å². The zero-order valence-electron chi connectivity index (χ0n) is 15.7. The summed E-state index contributed by atoms with van der Waals surface area (Å²) in [4.78, 5) is 31.3. The van der Waals surface area contributed by atoms with Crippen molar-refractivity contribution in [2.24, 2.45) is 5.92 Å². The number of likely N-dealkylation sites (tertiary alicyclic amines) is 1. The third-order valence-electron chi connectivity index (χ3n) is 5.64. The van der Waals surface area contributed by atoms with Crippen LogP contribution in [0.25, 0.3) is 0 Å². The molecular weight excluding hydrogens is 350 g/mol. The lowest BCUT2D eigenvalue weighted by molar-refractivity contribution is -0.140. The number of amides is 2. The second kappa shape index (κ2) is 8.40. The summed E-state index contributed by atoms with van der Waals surface area (Å²) in [6, 6.07) is 7.33. The van der Waals surface area contributed by atoms with Crippen molar-refractivity contribution in [3.05, 3.63) is 29.3 Å². The average Bonchev–Trinajstić information content (AvgIpc) is 2.63. The lowest BCUT2D eigenvalue weighted by Crippen LogP contribution is -2.57. The van der Waals surface area contributed by atoms with Crippen molar-refractivity contribution >= 4 is 29.1 Å². The molecule has 5 nitrogen and oxygen atoms in total. The van der Waals surface area contributed by atoms with Crippen molar-refractivity contribution in [3.63, 3.8) is 0 Å². The van der Waals surface area contributed by atoms with Gasteiger partial charge in [-0.3, -0.25) is 9.59 Å². The molecule has 2 amide bonds. The van der Waals surface area contributed by atoms with E-state index in [1.165, 1.54) is 0 Å². The van der Waals surface area contributed by atoms with E-state index in [-0.39, 0.29) is 24.4 Å². The van der Waals surface area contributed by atoms with Gasteiger partial charge in [0, 0.05) is 29.7 Å². The molecule has 1 aromatic rings. The van der Waals surface area contributed by atoms with Gasteiger partial charge in [-0.25, -0.2) is 0 Å². The summed E-state index contributed by atoms with van der Waals surface area (Å²) in [6.07, 6.45) is 2.71. The van der Waals surface area contributed by atoms with Gasteiger partial charge in [-0.05, 0) is 63.5 Å². The van der Waals surface area contributed by atoms with Crippen LogP contribution in [0.4, 0.5) is 5.69 Å². The standard InChI is InChI=1S/C20H28ClN3O2/c1-3-22-9-7-16(8-10-22)11-19(25)23-14-20(26)24(13-15(23)2)18-6-4-5-17(21)12-18/h4-6,12,15-16H,3,7-11,13-14H2,1-2H3/t15-/m1/s1. The van der Waals surface area contributed by atoms with Crippen molar-refractivity contribution in [2.45, 2.75) is 39.2 Å². The summed E-state index contributed by atoms with van der Waals surface area (Å²) in [5.41, 5.74) is 0.799. The van der Waals surface area contributed by atoms with E-state index in [2.05, 4.69) is 11.8 Å². The molecule has 142 valence electrons. The molecule has 0 saturated carbocycles. The highest BCUT2D eigenvalue weighted by molar-refractivity contribution is 6.30. The van der Waals surface area contributed by atoms with Gasteiger partial charge in [-0.1, -0.05) is 24.6 Å². The number of hydrogen-bond donors (Lipinski definition) is 0. The molecule has 0 spiro atoms. The van der Waals surface area contributed by atoms with Gasteiger partial charge in [0.05, 0.1) is 0 Å². The molecule has 6 heteroatoms. The van der Waals surface area contributed by atoms with E-state index in [4.69, 9.17) is 11.6 Å². The zero-order valence-corrected chi connectivity index (χ0v) is 16.4. The van der Waals surface area contributed by atoms with Crippen LogP contribution >= 0.6 is 11.6 Å². The van der Waals surface area contributed by atoms with Crippen LogP contribution < -0.4 is 4.90 Å². The smallest absolute Gasteiger partial charge is 0.246 e. The Kier molecular flexibility index (Phi) is 6.20. The Hall–Kier alpha value is -1.59. The minimum absolute atomic E-state index is 0.00918. The van der Waals surface area contributed by atoms with E-state index in [9.17, 15) is 9.59 Å². The van der Waals surface area contributed by atoms with Gasteiger partial charge in [-0.15, -0.1) is 0 Å². The van der Waals surface area contributed by atoms with Gasteiger partial charge in [-0.2, -0.15) is 0 Å². The highest BCUT2D eigenvalue weighted by Gasteiger charge is 2.34. The number of benzene rings is 1. The number of nitrogens with zero attached hydrogens (tertiary/aromatic N) is 3. The lowest BCUT2D eigenvalue weighted by atomic mass is 9.92. The maximum absolute atomic E-state index is 12.8. The van der Waals surface area contributed by atoms with Crippen LogP contribution in [0.5, 0.6) is 0 Å². The first-order valence-electron chi connectivity index (χ1n) is 9.55. The van der Waals surface area contributed by atoms with Crippen molar-refractivity contribution in [3.8, 4) is 0 Å². The number of hydrogen-bond acceptors (Lipinski definition) is 3. The molecule has 2 aliphatic heterocycles. The Morgan fingerprint density at radius 3 is 2.65 bits per heavy atom. The van der Waals surface area contributed by atoms with Gasteiger partial charge in [0.1, 0.15) is 6.54 Å². The van der Waals surface area contributed by atoms with Gasteiger partial charge in [0.15, 0.2) is 0 Å². The normalized spacial score (nSPS) is 22.7. The first-order chi connectivity index (χ1) is 12.5. The molecule has 26 heavy (non-hydrogen) atoms. The molecule has 2 fully saturated rings. The largest absolute Gasteiger partial charge is 0.329 e. The molecule has 2 saturated heterocycles. The molecule has 0 unspecified atom stereocenters. The van der Waals surface area contributed by atoms with Crippen molar-refractivity contribution in [1.82, 2.24) is 9.80 Å². The van der Waals surface area contributed by atoms with Gasteiger partial charge in [0.25, 0.3) is 0 Å². The predicted molar refractivity (Wildman–Crippen MR) is 104 cm³/mol. The van der Waals surface area contributed by atoms with E-state index >= 15 is 0 Å². The summed E-state index contributed by atoms with van der Waals surface area (Å²) in [5.74, 6) is 0.518. The molecular formula is C20H28ClN3O2. The average molecular weight is 378 g/mol. The fraction of sp³-hybridized carbons (Fsp3) is 0.600.